The highest BCUT2D eigenvalue weighted by atomic mass is 32.2. The van der Waals surface area contributed by atoms with Crippen molar-refractivity contribution in [3.63, 3.8) is 0 Å². The van der Waals surface area contributed by atoms with Gasteiger partial charge in [-0.3, -0.25) is 4.79 Å². The molecule has 0 spiro atoms. The molecule has 2 aromatic carbocycles. The Kier molecular flexibility index (Phi) is 6.17. The second kappa shape index (κ2) is 8.13. The fourth-order valence-electron chi connectivity index (χ4n) is 2.33. The van der Waals surface area contributed by atoms with Gasteiger partial charge in [0.15, 0.2) is 0 Å². The van der Waals surface area contributed by atoms with Gasteiger partial charge in [0, 0.05) is 6.54 Å². The van der Waals surface area contributed by atoms with E-state index in [-0.39, 0.29) is 11.4 Å². The summed E-state index contributed by atoms with van der Waals surface area (Å²) >= 11 is 0. The molecule has 0 saturated carbocycles. The Balaban J connectivity index is 1.94. The first-order valence-electron chi connectivity index (χ1n) is 7.79. The summed E-state index contributed by atoms with van der Waals surface area (Å²) in [5.41, 5.74) is 2.76. The van der Waals surface area contributed by atoms with Crippen LogP contribution in [0.3, 0.4) is 0 Å². The summed E-state index contributed by atoms with van der Waals surface area (Å²) in [5, 5.41) is 2.71. The summed E-state index contributed by atoms with van der Waals surface area (Å²) in [6, 6.07) is 12.2. The smallest absolute Gasteiger partial charge is 0.241 e. The number of ether oxygens (including phenoxy) is 1. The second-order valence-electron chi connectivity index (χ2n) is 5.66. The van der Waals surface area contributed by atoms with Gasteiger partial charge in [-0.2, -0.15) is 0 Å². The molecule has 0 fully saturated rings. The van der Waals surface area contributed by atoms with Crippen molar-refractivity contribution in [1.29, 1.82) is 0 Å². The maximum absolute atomic E-state index is 12.3. The van der Waals surface area contributed by atoms with E-state index in [4.69, 9.17) is 4.74 Å². The number of carbonyl (C=O) groups is 1. The molecule has 7 heteroatoms. The van der Waals surface area contributed by atoms with Crippen molar-refractivity contribution in [2.45, 2.75) is 25.3 Å². The van der Waals surface area contributed by atoms with E-state index in [1.165, 1.54) is 19.2 Å². The number of carbonyl (C=O) groups excluding carboxylic acids is 1. The minimum atomic E-state index is -3.76. The summed E-state index contributed by atoms with van der Waals surface area (Å²) in [6.07, 6.45) is 0. The van der Waals surface area contributed by atoms with Crippen LogP contribution in [0.2, 0.25) is 0 Å². The lowest BCUT2D eigenvalue weighted by Gasteiger charge is -2.11. The van der Waals surface area contributed by atoms with Crippen molar-refractivity contribution in [1.82, 2.24) is 10.0 Å². The van der Waals surface area contributed by atoms with Crippen molar-refractivity contribution < 1.29 is 17.9 Å². The van der Waals surface area contributed by atoms with Crippen LogP contribution in [-0.2, 0) is 21.4 Å². The molecule has 2 rings (SSSR count). The molecule has 0 aromatic heterocycles. The number of amides is 1. The lowest BCUT2D eigenvalue weighted by Crippen LogP contribution is -2.36. The van der Waals surface area contributed by atoms with Gasteiger partial charge in [0.05, 0.1) is 18.6 Å². The topological polar surface area (TPSA) is 84.5 Å². The molecule has 0 atom stereocenters. The van der Waals surface area contributed by atoms with Crippen LogP contribution in [0.4, 0.5) is 0 Å². The van der Waals surface area contributed by atoms with E-state index in [0.29, 0.717) is 17.9 Å². The van der Waals surface area contributed by atoms with Crippen molar-refractivity contribution >= 4 is 15.9 Å². The van der Waals surface area contributed by atoms with Crippen LogP contribution in [0, 0.1) is 13.8 Å². The Hall–Kier alpha value is -2.38. The van der Waals surface area contributed by atoms with E-state index < -0.39 is 15.9 Å². The van der Waals surface area contributed by atoms with Crippen molar-refractivity contribution in [3.8, 4) is 5.75 Å². The van der Waals surface area contributed by atoms with Crippen LogP contribution in [-0.4, -0.2) is 28.0 Å². The number of nitrogens with one attached hydrogen (secondary N) is 2. The Labute approximate surface area is 148 Å². The van der Waals surface area contributed by atoms with E-state index >= 15 is 0 Å². The Morgan fingerprint density at radius 2 is 1.80 bits per heavy atom. The summed E-state index contributed by atoms with van der Waals surface area (Å²) < 4.78 is 32.0. The number of aryl methyl sites for hydroxylation is 2. The molecule has 1 amide bonds. The van der Waals surface area contributed by atoms with E-state index in [0.717, 1.165) is 11.1 Å². The monoisotopic (exact) mass is 362 g/mol. The highest BCUT2D eigenvalue weighted by Gasteiger charge is 2.16. The molecule has 0 aliphatic rings. The lowest BCUT2D eigenvalue weighted by molar-refractivity contribution is -0.120. The Bertz CT molecular complexity index is 863. The largest absolute Gasteiger partial charge is 0.496 e. The van der Waals surface area contributed by atoms with E-state index in [2.05, 4.69) is 10.0 Å². The first kappa shape index (κ1) is 19.0. The first-order chi connectivity index (χ1) is 11.8. The molecular formula is C18H22N2O4S. The predicted molar refractivity (Wildman–Crippen MR) is 95.9 cm³/mol. The summed E-state index contributed by atoms with van der Waals surface area (Å²) in [4.78, 5) is 12.0. The minimum Gasteiger partial charge on any atom is -0.496 e. The fourth-order valence-corrected chi connectivity index (χ4v) is 3.39. The van der Waals surface area contributed by atoms with Crippen LogP contribution in [0.1, 0.15) is 16.7 Å². The number of rotatable bonds is 7. The number of hydrogen-bond donors (Lipinski definition) is 2. The Morgan fingerprint density at radius 1 is 1.08 bits per heavy atom. The highest BCUT2D eigenvalue weighted by molar-refractivity contribution is 7.89. The molecule has 2 aromatic rings. The third-order valence-corrected chi connectivity index (χ3v) is 5.24. The van der Waals surface area contributed by atoms with Gasteiger partial charge in [0.1, 0.15) is 5.75 Å². The van der Waals surface area contributed by atoms with Gasteiger partial charge in [-0.1, -0.05) is 24.3 Å². The standard InChI is InChI=1S/C18H22N2O4S/c1-13-6-4-5-7-15(13)11-19-18(21)12-20-25(22,23)16-8-9-17(24-3)14(2)10-16/h4-10,20H,11-12H2,1-3H3,(H,19,21). The van der Waals surface area contributed by atoms with Crippen LogP contribution in [0.15, 0.2) is 47.4 Å². The van der Waals surface area contributed by atoms with Gasteiger partial charge in [-0.25, -0.2) is 13.1 Å². The van der Waals surface area contributed by atoms with Gasteiger partial charge in [-0.15, -0.1) is 0 Å². The molecule has 134 valence electrons. The molecule has 0 aliphatic heterocycles. The maximum atomic E-state index is 12.3. The number of methoxy groups -OCH3 is 1. The van der Waals surface area contributed by atoms with Crippen LogP contribution in [0.25, 0.3) is 0 Å². The molecule has 0 radical (unpaired) electrons. The molecule has 6 nitrogen and oxygen atoms in total. The van der Waals surface area contributed by atoms with Crippen molar-refractivity contribution in [2.24, 2.45) is 0 Å². The van der Waals surface area contributed by atoms with Gasteiger partial charge in [0.25, 0.3) is 0 Å². The van der Waals surface area contributed by atoms with E-state index in [9.17, 15) is 13.2 Å². The maximum Gasteiger partial charge on any atom is 0.241 e. The van der Waals surface area contributed by atoms with Crippen LogP contribution >= 0.6 is 0 Å². The SMILES string of the molecule is COc1ccc(S(=O)(=O)NCC(=O)NCc2ccccc2C)cc1C. The second-order valence-corrected chi connectivity index (χ2v) is 7.43. The highest BCUT2D eigenvalue weighted by Crippen LogP contribution is 2.21. The lowest BCUT2D eigenvalue weighted by atomic mass is 10.1. The third kappa shape index (κ3) is 5.04. The van der Waals surface area contributed by atoms with Crippen LogP contribution < -0.4 is 14.8 Å². The number of hydrogen-bond acceptors (Lipinski definition) is 4. The third-order valence-electron chi connectivity index (χ3n) is 3.84. The van der Waals surface area contributed by atoms with Gasteiger partial charge in [0.2, 0.25) is 15.9 Å². The molecule has 0 aliphatic carbocycles. The number of sulfonamides is 1. The average molecular weight is 362 g/mol. The van der Waals surface area contributed by atoms with E-state index in [1.54, 1.807) is 13.0 Å². The summed E-state index contributed by atoms with van der Waals surface area (Å²) in [6.45, 7) is 3.75. The molecule has 0 saturated heterocycles. The zero-order valence-corrected chi connectivity index (χ0v) is 15.3. The fraction of sp³-hybridized carbons (Fsp3) is 0.278. The number of benzene rings is 2. The molecule has 0 heterocycles. The normalized spacial score (nSPS) is 11.2. The zero-order valence-electron chi connectivity index (χ0n) is 14.5. The zero-order chi connectivity index (χ0) is 18.4. The molecule has 0 bridgehead atoms. The predicted octanol–water partition coefficient (Wildman–Crippen LogP) is 1.91. The van der Waals surface area contributed by atoms with Crippen molar-refractivity contribution in [2.75, 3.05) is 13.7 Å². The van der Waals surface area contributed by atoms with E-state index in [1.807, 2.05) is 31.2 Å². The first-order valence-corrected chi connectivity index (χ1v) is 9.27. The van der Waals surface area contributed by atoms with Gasteiger partial charge >= 0.3 is 0 Å². The quantitative estimate of drug-likeness (QED) is 0.788. The molecular weight excluding hydrogens is 340 g/mol. The van der Waals surface area contributed by atoms with Gasteiger partial charge < -0.3 is 10.1 Å². The average Bonchev–Trinajstić information content (AvgIpc) is 2.59. The van der Waals surface area contributed by atoms with Crippen molar-refractivity contribution in [3.05, 3.63) is 59.2 Å². The van der Waals surface area contributed by atoms with Gasteiger partial charge in [-0.05, 0) is 48.7 Å². The minimum absolute atomic E-state index is 0.0949. The Morgan fingerprint density at radius 3 is 2.44 bits per heavy atom. The van der Waals surface area contributed by atoms with Crippen LogP contribution in [0.5, 0.6) is 5.75 Å². The molecule has 0 unspecified atom stereocenters. The summed E-state index contributed by atoms with van der Waals surface area (Å²) in [7, 11) is -2.24. The molecule has 2 N–H and O–H groups in total. The molecule has 25 heavy (non-hydrogen) atoms. The summed E-state index contributed by atoms with van der Waals surface area (Å²) in [5.74, 6) is 0.215.